The first-order valence-corrected chi connectivity index (χ1v) is 8.47. The van der Waals surface area contributed by atoms with Crippen molar-refractivity contribution in [2.24, 2.45) is 0 Å². The topological polar surface area (TPSA) is 91.2 Å². The molecule has 7 nitrogen and oxygen atoms in total. The molecule has 0 saturated carbocycles. The minimum absolute atomic E-state index is 0.317. The second kappa shape index (κ2) is 9.86. The van der Waals surface area contributed by atoms with Crippen molar-refractivity contribution >= 4 is 28.4 Å². The molecule has 0 aliphatic heterocycles. The highest BCUT2D eigenvalue weighted by Gasteiger charge is 2.12. The normalized spacial score (nSPS) is 10.5. The number of nitrogens with one attached hydrogen (secondary N) is 1. The molecular weight excluding hydrogens is 314 g/mol. The lowest BCUT2D eigenvalue weighted by Crippen LogP contribution is -2.19. The van der Waals surface area contributed by atoms with Crippen molar-refractivity contribution in [2.75, 3.05) is 11.4 Å². The smallest absolute Gasteiger partial charge is 0.243 e. The molecule has 2 rings (SSSR count). The van der Waals surface area contributed by atoms with Gasteiger partial charge in [0.25, 0.3) is 0 Å². The van der Waals surface area contributed by atoms with E-state index in [-0.39, 0.29) is 5.91 Å². The van der Waals surface area contributed by atoms with Gasteiger partial charge in [0.1, 0.15) is 12.1 Å². The van der Waals surface area contributed by atoms with Crippen molar-refractivity contribution in [2.45, 2.75) is 38.5 Å². The number of hydrogen-bond acceptors (Lipinski definition) is 7. The van der Waals surface area contributed by atoms with Crippen LogP contribution in [0.3, 0.4) is 0 Å². The third kappa shape index (κ3) is 5.91. The van der Waals surface area contributed by atoms with Crippen LogP contribution in [0.5, 0.6) is 0 Å². The van der Waals surface area contributed by atoms with Gasteiger partial charge in [0, 0.05) is 30.7 Å². The number of nitrogens with zero attached hydrogens (tertiary/aromatic N) is 4. The lowest BCUT2D eigenvalue weighted by molar-refractivity contribution is -0.129. The lowest BCUT2D eigenvalue weighted by atomic mass is 10.1. The Balaban J connectivity index is 1.74. The molecule has 23 heavy (non-hydrogen) atoms. The molecule has 0 spiro atoms. The molecule has 0 atom stereocenters. The Morgan fingerprint density at radius 3 is 2.70 bits per heavy atom. The summed E-state index contributed by atoms with van der Waals surface area (Å²) in [6.07, 6.45) is 8.64. The fourth-order valence-corrected chi connectivity index (χ4v) is 2.82. The zero-order valence-electron chi connectivity index (χ0n) is 12.9. The maximum atomic E-state index is 10.9. The van der Waals surface area contributed by atoms with Crippen molar-refractivity contribution in [3.05, 3.63) is 30.7 Å². The van der Waals surface area contributed by atoms with Gasteiger partial charge in [0.15, 0.2) is 0 Å². The van der Waals surface area contributed by atoms with Crippen LogP contribution in [-0.4, -0.2) is 32.0 Å². The lowest BCUT2D eigenvalue weighted by Gasteiger charge is -2.20. The van der Waals surface area contributed by atoms with E-state index in [1.165, 1.54) is 11.5 Å². The first kappa shape index (κ1) is 17.3. The van der Waals surface area contributed by atoms with E-state index < -0.39 is 0 Å². The number of pyridine rings is 1. The van der Waals surface area contributed by atoms with Crippen molar-refractivity contribution in [1.82, 2.24) is 19.8 Å². The number of carbonyl (C=O) groups is 1. The van der Waals surface area contributed by atoms with Gasteiger partial charge in [-0.1, -0.05) is 25.3 Å². The Kier molecular flexibility index (Phi) is 7.41. The van der Waals surface area contributed by atoms with Crippen LogP contribution in [0.25, 0.3) is 0 Å². The monoisotopic (exact) mass is 335 g/mol. The number of amides is 1. The molecule has 2 aromatic heterocycles. The summed E-state index contributed by atoms with van der Waals surface area (Å²) in [5, 5.41) is 9.26. The van der Waals surface area contributed by atoms with E-state index in [0.29, 0.717) is 6.42 Å². The van der Waals surface area contributed by atoms with Crippen LogP contribution >= 0.6 is 11.5 Å². The van der Waals surface area contributed by atoms with Gasteiger partial charge in [0.05, 0.1) is 0 Å². The van der Waals surface area contributed by atoms with Gasteiger partial charge in [-0.3, -0.25) is 10.0 Å². The van der Waals surface area contributed by atoms with Crippen LogP contribution in [0.15, 0.2) is 30.7 Å². The highest BCUT2D eigenvalue weighted by Crippen LogP contribution is 2.24. The number of carbonyl (C=O) groups excluding carboxylic acids is 1. The number of unbranched alkanes of at least 4 members (excludes halogenated alkanes) is 4. The van der Waals surface area contributed by atoms with Crippen LogP contribution in [0.1, 0.15) is 38.5 Å². The van der Waals surface area contributed by atoms with Gasteiger partial charge in [-0.25, -0.2) is 15.4 Å². The zero-order valence-corrected chi connectivity index (χ0v) is 13.7. The van der Waals surface area contributed by atoms with Crippen molar-refractivity contribution in [1.29, 1.82) is 0 Å². The Morgan fingerprint density at radius 1 is 1.17 bits per heavy atom. The molecule has 0 radical (unpaired) electrons. The van der Waals surface area contributed by atoms with Gasteiger partial charge in [-0.15, -0.1) is 0 Å². The summed E-state index contributed by atoms with van der Waals surface area (Å²) >= 11 is 1.36. The third-order valence-corrected chi connectivity index (χ3v) is 4.11. The summed E-state index contributed by atoms with van der Waals surface area (Å²) in [5.41, 5.74) is 1.65. The van der Waals surface area contributed by atoms with E-state index in [2.05, 4.69) is 19.2 Å². The quantitative estimate of drug-likeness (QED) is 0.394. The first-order valence-electron chi connectivity index (χ1n) is 7.69. The third-order valence-electron chi connectivity index (χ3n) is 3.42. The molecule has 1 amide bonds. The average molecular weight is 335 g/mol. The largest absolute Gasteiger partial charge is 0.301 e. The number of hydroxylamine groups is 1. The molecule has 0 bridgehead atoms. The molecule has 8 heteroatoms. The van der Waals surface area contributed by atoms with Gasteiger partial charge in [0.2, 0.25) is 11.0 Å². The predicted molar refractivity (Wildman–Crippen MR) is 88.8 cm³/mol. The molecule has 0 aromatic carbocycles. The summed E-state index contributed by atoms with van der Waals surface area (Å²) in [6.45, 7) is 0.837. The van der Waals surface area contributed by atoms with E-state index in [9.17, 15) is 4.79 Å². The average Bonchev–Trinajstić information content (AvgIpc) is 3.12. The highest BCUT2D eigenvalue weighted by atomic mass is 32.1. The van der Waals surface area contributed by atoms with Crippen LogP contribution < -0.4 is 10.4 Å². The van der Waals surface area contributed by atoms with Crippen LogP contribution in [0, 0.1) is 0 Å². The predicted octanol–water partition coefficient (Wildman–Crippen LogP) is 2.92. The minimum atomic E-state index is -0.317. The number of anilines is 2. The fraction of sp³-hybridized carbons (Fsp3) is 0.467. The number of rotatable bonds is 10. The Hall–Kier alpha value is -2.06. The SMILES string of the molecule is O=C(CCCCCCCN(c1ccccn1)c1ncns1)NO. The first-order chi connectivity index (χ1) is 11.3. The van der Waals surface area contributed by atoms with E-state index in [1.54, 1.807) is 18.0 Å². The number of hydrogen-bond donors (Lipinski definition) is 2. The minimum Gasteiger partial charge on any atom is -0.301 e. The highest BCUT2D eigenvalue weighted by molar-refractivity contribution is 7.09. The maximum absolute atomic E-state index is 10.9. The summed E-state index contributed by atoms with van der Waals surface area (Å²) in [6, 6.07) is 5.82. The van der Waals surface area contributed by atoms with Gasteiger partial charge in [-0.05, 0) is 25.0 Å². The molecule has 0 saturated heterocycles. The summed E-state index contributed by atoms with van der Waals surface area (Å²) < 4.78 is 4.06. The van der Waals surface area contributed by atoms with E-state index in [1.807, 2.05) is 18.2 Å². The Morgan fingerprint density at radius 2 is 2.00 bits per heavy atom. The molecule has 124 valence electrons. The Labute approximate surface area is 139 Å². The fourth-order valence-electron chi connectivity index (χ4n) is 2.25. The van der Waals surface area contributed by atoms with Crippen LogP contribution in [0.4, 0.5) is 10.9 Å². The zero-order chi connectivity index (χ0) is 16.3. The van der Waals surface area contributed by atoms with Gasteiger partial charge < -0.3 is 4.90 Å². The van der Waals surface area contributed by atoms with E-state index in [0.717, 1.165) is 49.6 Å². The van der Waals surface area contributed by atoms with Crippen molar-refractivity contribution < 1.29 is 10.0 Å². The molecule has 0 aliphatic rings. The van der Waals surface area contributed by atoms with E-state index in [4.69, 9.17) is 5.21 Å². The number of aromatic nitrogens is 3. The molecule has 0 fully saturated rings. The van der Waals surface area contributed by atoms with Crippen LogP contribution in [0.2, 0.25) is 0 Å². The molecule has 0 aliphatic carbocycles. The molecular formula is C15H21N5O2S. The van der Waals surface area contributed by atoms with Crippen LogP contribution in [-0.2, 0) is 4.79 Å². The summed E-state index contributed by atoms with van der Waals surface area (Å²) in [4.78, 5) is 21.6. The Bertz CT molecular complexity index is 565. The van der Waals surface area contributed by atoms with E-state index >= 15 is 0 Å². The maximum Gasteiger partial charge on any atom is 0.243 e. The second-order valence-electron chi connectivity index (χ2n) is 5.12. The molecule has 2 aromatic rings. The summed E-state index contributed by atoms with van der Waals surface area (Å²) in [7, 11) is 0. The molecule has 2 heterocycles. The molecule has 2 N–H and O–H groups in total. The standard InChI is InChI=1S/C15H21N5O2S/c21-14(19-22)9-4-2-1-3-7-11-20(15-17-12-18-23-15)13-8-5-6-10-16-13/h5-6,8,10,12,22H,1-4,7,9,11H2,(H,19,21). The van der Waals surface area contributed by atoms with Crippen molar-refractivity contribution in [3.63, 3.8) is 0 Å². The summed E-state index contributed by atoms with van der Waals surface area (Å²) in [5.74, 6) is 0.562. The van der Waals surface area contributed by atoms with Gasteiger partial charge >= 0.3 is 0 Å². The molecule has 0 unspecified atom stereocenters. The van der Waals surface area contributed by atoms with Crippen molar-refractivity contribution in [3.8, 4) is 0 Å². The van der Waals surface area contributed by atoms with Gasteiger partial charge in [-0.2, -0.15) is 4.37 Å². The second-order valence-corrected chi connectivity index (χ2v) is 5.87.